The summed E-state index contributed by atoms with van der Waals surface area (Å²) in [6.45, 7) is -0.0896. The summed E-state index contributed by atoms with van der Waals surface area (Å²) in [4.78, 5) is 24.6. The maximum atomic E-state index is 11.1. The summed E-state index contributed by atoms with van der Waals surface area (Å²) >= 11 is 0. The van der Waals surface area contributed by atoms with Gasteiger partial charge in [0.25, 0.3) is 5.91 Å². The highest BCUT2D eigenvalue weighted by atomic mass is 16.2. The molecule has 4 heteroatoms. The summed E-state index contributed by atoms with van der Waals surface area (Å²) in [5.41, 5.74) is 0.438. The summed E-state index contributed by atoms with van der Waals surface area (Å²) < 4.78 is 0. The number of aromatic nitrogens is 1. The van der Waals surface area contributed by atoms with Gasteiger partial charge in [0, 0.05) is 12.4 Å². The van der Waals surface area contributed by atoms with Crippen molar-refractivity contribution in [1.29, 1.82) is 0 Å². The molecule has 1 rings (SSSR count). The zero-order chi connectivity index (χ0) is 8.81. The maximum absolute atomic E-state index is 11.1. The SMILES string of the molecule is O=[C]CNC(=O)c1cccnc1. The van der Waals surface area contributed by atoms with Gasteiger partial charge in [-0.05, 0) is 12.1 Å². The van der Waals surface area contributed by atoms with Crippen molar-refractivity contribution in [3.63, 3.8) is 0 Å². The molecule has 0 unspecified atom stereocenters. The van der Waals surface area contributed by atoms with Gasteiger partial charge in [-0.2, -0.15) is 0 Å². The van der Waals surface area contributed by atoms with Crippen LogP contribution in [0, 0.1) is 0 Å². The normalized spacial score (nSPS) is 9.00. The molecule has 0 saturated heterocycles. The summed E-state index contributed by atoms with van der Waals surface area (Å²) in [6, 6.07) is 3.27. The van der Waals surface area contributed by atoms with Crippen molar-refractivity contribution in [3.8, 4) is 0 Å². The Balaban J connectivity index is 2.59. The molecular weight excluding hydrogens is 156 g/mol. The minimum Gasteiger partial charge on any atom is -0.344 e. The first-order valence-electron chi connectivity index (χ1n) is 3.38. The Morgan fingerprint density at radius 3 is 3.08 bits per heavy atom. The van der Waals surface area contributed by atoms with E-state index in [4.69, 9.17) is 0 Å². The van der Waals surface area contributed by atoms with Crippen LogP contribution < -0.4 is 5.32 Å². The molecule has 1 heterocycles. The smallest absolute Gasteiger partial charge is 0.253 e. The molecule has 0 bridgehead atoms. The Hall–Kier alpha value is -1.71. The third kappa shape index (κ3) is 2.16. The second kappa shape index (κ2) is 4.23. The van der Waals surface area contributed by atoms with Crippen LogP contribution in [-0.2, 0) is 4.79 Å². The van der Waals surface area contributed by atoms with E-state index in [2.05, 4.69) is 10.3 Å². The topological polar surface area (TPSA) is 59.1 Å². The number of carbonyl (C=O) groups excluding carboxylic acids is 2. The summed E-state index contributed by atoms with van der Waals surface area (Å²) in [6.07, 6.45) is 4.57. The third-order valence-electron chi connectivity index (χ3n) is 1.24. The highest BCUT2D eigenvalue weighted by Gasteiger charge is 2.02. The molecule has 4 nitrogen and oxygen atoms in total. The van der Waals surface area contributed by atoms with Gasteiger partial charge in [0.2, 0.25) is 6.29 Å². The molecule has 0 fully saturated rings. The van der Waals surface area contributed by atoms with Crippen LogP contribution in [0.2, 0.25) is 0 Å². The lowest BCUT2D eigenvalue weighted by atomic mass is 10.3. The average Bonchev–Trinajstić information content (AvgIpc) is 2.15. The summed E-state index contributed by atoms with van der Waals surface area (Å²) in [5.74, 6) is -0.313. The molecule has 12 heavy (non-hydrogen) atoms. The number of nitrogens with zero attached hydrogens (tertiary/aromatic N) is 1. The molecule has 61 valence electrons. The largest absolute Gasteiger partial charge is 0.344 e. The summed E-state index contributed by atoms with van der Waals surface area (Å²) in [7, 11) is 0. The van der Waals surface area contributed by atoms with Gasteiger partial charge in [-0.25, -0.2) is 0 Å². The molecule has 0 atom stereocenters. The predicted molar refractivity (Wildman–Crippen MR) is 42.3 cm³/mol. The van der Waals surface area contributed by atoms with E-state index in [1.165, 1.54) is 6.20 Å². The quantitative estimate of drug-likeness (QED) is 0.678. The van der Waals surface area contributed by atoms with Crippen LogP contribution in [-0.4, -0.2) is 23.7 Å². The van der Waals surface area contributed by atoms with E-state index in [1.54, 1.807) is 24.6 Å². The van der Waals surface area contributed by atoms with Gasteiger partial charge in [-0.15, -0.1) is 0 Å². The number of hydrogen-bond acceptors (Lipinski definition) is 3. The van der Waals surface area contributed by atoms with Crippen LogP contribution >= 0.6 is 0 Å². The fourth-order valence-electron chi connectivity index (χ4n) is 0.715. The van der Waals surface area contributed by atoms with Crippen molar-refractivity contribution in [2.24, 2.45) is 0 Å². The number of pyridine rings is 1. The van der Waals surface area contributed by atoms with E-state index in [0.717, 1.165) is 0 Å². The summed E-state index contributed by atoms with van der Waals surface area (Å²) in [5, 5.41) is 2.35. The van der Waals surface area contributed by atoms with Gasteiger partial charge in [0.15, 0.2) is 0 Å². The first-order chi connectivity index (χ1) is 5.84. The Morgan fingerprint density at radius 1 is 1.67 bits per heavy atom. The van der Waals surface area contributed by atoms with Crippen molar-refractivity contribution >= 4 is 12.2 Å². The monoisotopic (exact) mass is 163 g/mol. The van der Waals surface area contributed by atoms with Crippen molar-refractivity contribution in [2.75, 3.05) is 6.54 Å². The molecule has 0 spiro atoms. The minimum atomic E-state index is -0.313. The van der Waals surface area contributed by atoms with Crippen LogP contribution in [0.3, 0.4) is 0 Å². The Kier molecular flexibility index (Phi) is 2.95. The van der Waals surface area contributed by atoms with E-state index in [1.807, 2.05) is 0 Å². The lowest BCUT2D eigenvalue weighted by Crippen LogP contribution is -2.25. The van der Waals surface area contributed by atoms with Gasteiger partial charge in [-0.1, -0.05) is 0 Å². The second-order valence-corrected chi connectivity index (χ2v) is 2.07. The maximum Gasteiger partial charge on any atom is 0.253 e. The lowest BCUT2D eigenvalue weighted by molar-refractivity contribution is 0.0958. The molecule has 0 aromatic carbocycles. The zero-order valence-corrected chi connectivity index (χ0v) is 6.28. The number of nitrogens with one attached hydrogen (secondary N) is 1. The lowest BCUT2D eigenvalue weighted by Gasteiger charge is -1.98. The minimum absolute atomic E-state index is 0.0896. The van der Waals surface area contributed by atoms with Crippen molar-refractivity contribution in [1.82, 2.24) is 10.3 Å². The predicted octanol–water partition coefficient (Wildman–Crippen LogP) is -0.0789. The highest BCUT2D eigenvalue weighted by Crippen LogP contribution is 1.93. The van der Waals surface area contributed by atoms with Gasteiger partial charge in [-0.3, -0.25) is 14.6 Å². The fraction of sp³-hybridized carbons (Fsp3) is 0.125. The van der Waals surface area contributed by atoms with Crippen molar-refractivity contribution in [3.05, 3.63) is 30.1 Å². The zero-order valence-electron chi connectivity index (χ0n) is 6.28. The van der Waals surface area contributed by atoms with E-state index in [0.29, 0.717) is 5.56 Å². The Bertz CT molecular complexity index is 272. The molecule has 0 aliphatic heterocycles. The molecule has 1 amide bonds. The van der Waals surface area contributed by atoms with Crippen molar-refractivity contribution in [2.45, 2.75) is 0 Å². The molecule has 1 aromatic rings. The second-order valence-electron chi connectivity index (χ2n) is 2.07. The van der Waals surface area contributed by atoms with Crippen LogP contribution in [0.5, 0.6) is 0 Å². The number of rotatable bonds is 3. The van der Waals surface area contributed by atoms with Gasteiger partial charge < -0.3 is 5.32 Å². The fourth-order valence-corrected chi connectivity index (χ4v) is 0.715. The molecular formula is C8H7N2O2. The Labute approximate surface area is 69.6 Å². The number of hydrogen-bond donors (Lipinski definition) is 1. The average molecular weight is 163 g/mol. The van der Waals surface area contributed by atoms with E-state index in [-0.39, 0.29) is 12.5 Å². The van der Waals surface area contributed by atoms with E-state index >= 15 is 0 Å². The van der Waals surface area contributed by atoms with Gasteiger partial charge >= 0.3 is 0 Å². The number of amides is 1. The molecule has 0 saturated carbocycles. The van der Waals surface area contributed by atoms with Crippen LogP contribution in [0.4, 0.5) is 0 Å². The molecule has 1 aromatic heterocycles. The van der Waals surface area contributed by atoms with Crippen molar-refractivity contribution < 1.29 is 9.59 Å². The number of carbonyl (C=O) groups is 1. The third-order valence-corrected chi connectivity index (χ3v) is 1.24. The van der Waals surface area contributed by atoms with Gasteiger partial charge in [0.05, 0.1) is 12.1 Å². The molecule has 1 radical (unpaired) electrons. The van der Waals surface area contributed by atoms with Gasteiger partial charge in [0.1, 0.15) is 0 Å². The standard InChI is InChI=1S/C8H7N2O2/c11-5-4-10-8(12)7-2-1-3-9-6-7/h1-3,6H,4H2,(H,10,12). The molecule has 0 aliphatic rings. The molecule has 0 aliphatic carbocycles. The Morgan fingerprint density at radius 2 is 2.50 bits per heavy atom. The first-order valence-corrected chi connectivity index (χ1v) is 3.38. The van der Waals surface area contributed by atoms with E-state index < -0.39 is 0 Å². The van der Waals surface area contributed by atoms with Crippen LogP contribution in [0.15, 0.2) is 24.5 Å². The van der Waals surface area contributed by atoms with E-state index in [9.17, 15) is 9.59 Å². The highest BCUT2D eigenvalue weighted by molar-refractivity contribution is 5.94. The van der Waals surface area contributed by atoms with Crippen LogP contribution in [0.1, 0.15) is 10.4 Å². The van der Waals surface area contributed by atoms with Crippen LogP contribution in [0.25, 0.3) is 0 Å². The molecule has 1 N–H and O–H groups in total. The first kappa shape index (κ1) is 8.39.